The number of thiophene rings is 1. The highest BCUT2D eigenvalue weighted by atomic mass is 32.1. The van der Waals surface area contributed by atoms with Crippen LogP contribution in [0.2, 0.25) is 0 Å². The largest absolute Gasteiger partial charge is 0.442 e. The van der Waals surface area contributed by atoms with Gasteiger partial charge in [-0.3, -0.25) is 9.59 Å². The molecule has 1 saturated heterocycles. The number of carbonyl (C=O) groups is 3. The van der Waals surface area contributed by atoms with Crippen molar-refractivity contribution in [3.05, 3.63) is 22.4 Å². The first kappa shape index (κ1) is 20.2. The summed E-state index contributed by atoms with van der Waals surface area (Å²) in [5, 5.41) is 4.50. The highest BCUT2D eigenvalue weighted by Gasteiger charge is 2.33. The first-order chi connectivity index (χ1) is 12.4. The van der Waals surface area contributed by atoms with Gasteiger partial charge in [0.05, 0.1) is 18.0 Å². The average Bonchev–Trinajstić information content (AvgIpc) is 3.07. The molecule has 1 atom stereocenters. The lowest BCUT2D eigenvalue weighted by Crippen LogP contribution is -2.42. The summed E-state index contributed by atoms with van der Waals surface area (Å²) < 4.78 is 5.50. The maximum Gasteiger partial charge on any atom is 0.407 e. The van der Waals surface area contributed by atoms with Gasteiger partial charge in [0, 0.05) is 13.1 Å². The molecule has 1 aromatic rings. The fraction of sp³-hybridized carbons (Fsp3) is 0.611. The SMILES string of the molecule is CCCNC(=O)OC1CN(CC(C)C)C(=O)CN(C(=O)c2cccs2)C1. The van der Waals surface area contributed by atoms with Gasteiger partial charge < -0.3 is 19.9 Å². The predicted octanol–water partition coefficient (Wildman–Crippen LogP) is 2.19. The van der Waals surface area contributed by atoms with Crippen LogP contribution in [0.4, 0.5) is 4.79 Å². The van der Waals surface area contributed by atoms with Crippen LogP contribution in [0.1, 0.15) is 36.9 Å². The average molecular weight is 381 g/mol. The molecule has 0 spiro atoms. The van der Waals surface area contributed by atoms with Crippen LogP contribution in [-0.4, -0.2) is 66.5 Å². The number of alkyl carbamates (subject to hydrolysis) is 1. The number of amides is 3. The van der Waals surface area contributed by atoms with E-state index in [1.165, 1.54) is 16.2 Å². The van der Waals surface area contributed by atoms with Crippen molar-refractivity contribution in [1.82, 2.24) is 15.1 Å². The Bertz CT molecular complexity index is 618. The van der Waals surface area contributed by atoms with Gasteiger partial charge in [-0.15, -0.1) is 11.3 Å². The van der Waals surface area contributed by atoms with E-state index in [1.54, 1.807) is 17.0 Å². The van der Waals surface area contributed by atoms with Crippen LogP contribution in [0.15, 0.2) is 17.5 Å². The number of carbonyl (C=O) groups excluding carboxylic acids is 3. The number of rotatable bonds is 6. The normalized spacial score (nSPS) is 18.0. The Morgan fingerprint density at radius 2 is 2.15 bits per heavy atom. The number of hydrogen-bond donors (Lipinski definition) is 1. The lowest BCUT2D eigenvalue weighted by molar-refractivity contribution is -0.131. The van der Waals surface area contributed by atoms with Crippen molar-refractivity contribution < 1.29 is 19.1 Å². The van der Waals surface area contributed by atoms with Crippen LogP contribution in [0.25, 0.3) is 0 Å². The molecule has 1 unspecified atom stereocenters. The zero-order valence-corrected chi connectivity index (χ0v) is 16.4. The molecule has 1 N–H and O–H groups in total. The third kappa shape index (κ3) is 5.72. The van der Waals surface area contributed by atoms with Crippen molar-refractivity contribution in [3.8, 4) is 0 Å². The molecule has 2 heterocycles. The number of nitrogens with one attached hydrogen (secondary N) is 1. The minimum absolute atomic E-state index is 0.000107. The van der Waals surface area contributed by atoms with Crippen molar-refractivity contribution in [3.63, 3.8) is 0 Å². The quantitative estimate of drug-likeness (QED) is 0.819. The first-order valence-corrected chi connectivity index (χ1v) is 9.83. The molecule has 2 rings (SSSR count). The molecule has 8 heteroatoms. The third-order valence-electron chi connectivity index (χ3n) is 3.92. The Hall–Kier alpha value is -2.09. The van der Waals surface area contributed by atoms with Crippen LogP contribution in [0.3, 0.4) is 0 Å². The zero-order valence-electron chi connectivity index (χ0n) is 15.6. The summed E-state index contributed by atoms with van der Waals surface area (Å²) in [5.41, 5.74) is 0. The molecular formula is C18H27N3O4S. The van der Waals surface area contributed by atoms with Crippen LogP contribution >= 0.6 is 11.3 Å². The minimum atomic E-state index is -0.555. The maximum absolute atomic E-state index is 12.7. The van der Waals surface area contributed by atoms with Gasteiger partial charge in [-0.05, 0) is 23.8 Å². The lowest BCUT2D eigenvalue weighted by atomic mass is 10.2. The molecular weight excluding hydrogens is 354 g/mol. The van der Waals surface area contributed by atoms with Gasteiger partial charge in [0.25, 0.3) is 5.91 Å². The molecule has 1 fully saturated rings. The number of nitrogens with zero attached hydrogens (tertiary/aromatic N) is 2. The molecule has 1 aliphatic heterocycles. The summed E-state index contributed by atoms with van der Waals surface area (Å²) in [6.45, 7) is 7.60. The van der Waals surface area contributed by atoms with Crippen molar-refractivity contribution in [2.75, 3.05) is 32.7 Å². The smallest absolute Gasteiger partial charge is 0.407 e. The monoisotopic (exact) mass is 381 g/mol. The molecule has 1 aromatic heterocycles. The number of ether oxygens (including phenoxy) is 1. The Morgan fingerprint density at radius 1 is 1.38 bits per heavy atom. The van der Waals surface area contributed by atoms with Gasteiger partial charge in [-0.2, -0.15) is 0 Å². The van der Waals surface area contributed by atoms with E-state index < -0.39 is 12.2 Å². The lowest BCUT2D eigenvalue weighted by Gasteiger charge is -2.25. The van der Waals surface area contributed by atoms with Crippen LogP contribution in [0, 0.1) is 5.92 Å². The molecule has 144 valence electrons. The van der Waals surface area contributed by atoms with E-state index in [-0.39, 0.29) is 30.8 Å². The van der Waals surface area contributed by atoms with E-state index >= 15 is 0 Å². The second kappa shape index (κ2) is 9.56. The summed E-state index contributed by atoms with van der Waals surface area (Å²) in [4.78, 5) is 41.0. The Balaban J connectivity index is 2.13. The molecule has 0 bridgehead atoms. The molecule has 7 nitrogen and oxygen atoms in total. The summed E-state index contributed by atoms with van der Waals surface area (Å²) in [5.74, 6) is -0.0425. The van der Waals surface area contributed by atoms with E-state index in [1.807, 2.05) is 26.2 Å². The topological polar surface area (TPSA) is 79.0 Å². The predicted molar refractivity (Wildman–Crippen MR) is 100 cm³/mol. The molecule has 0 saturated carbocycles. The van der Waals surface area contributed by atoms with E-state index in [4.69, 9.17) is 4.74 Å². The highest BCUT2D eigenvalue weighted by molar-refractivity contribution is 7.12. The van der Waals surface area contributed by atoms with E-state index in [2.05, 4.69) is 5.32 Å². The van der Waals surface area contributed by atoms with Gasteiger partial charge in [0.1, 0.15) is 12.6 Å². The molecule has 3 amide bonds. The van der Waals surface area contributed by atoms with Crippen molar-refractivity contribution in [2.24, 2.45) is 5.92 Å². The maximum atomic E-state index is 12.7. The van der Waals surface area contributed by atoms with E-state index in [0.717, 1.165) is 6.42 Å². The van der Waals surface area contributed by atoms with Crippen LogP contribution in [0.5, 0.6) is 0 Å². The van der Waals surface area contributed by atoms with E-state index in [9.17, 15) is 14.4 Å². The molecule has 0 radical (unpaired) electrons. The fourth-order valence-electron chi connectivity index (χ4n) is 2.80. The molecule has 0 aliphatic carbocycles. The summed E-state index contributed by atoms with van der Waals surface area (Å²) in [7, 11) is 0. The van der Waals surface area contributed by atoms with Gasteiger partial charge in [0.15, 0.2) is 0 Å². The van der Waals surface area contributed by atoms with Crippen molar-refractivity contribution in [2.45, 2.75) is 33.3 Å². The summed E-state index contributed by atoms with van der Waals surface area (Å²) in [6.07, 6.45) is -0.263. The van der Waals surface area contributed by atoms with Crippen molar-refractivity contribution in [1.29, 1.82) is 0 Å². The summed E-state index contributed by atoms with van der Waals surface area (Å²) >= 11 is 1.33. The standard InChI is InChI=1S/C18H27N3O4S/c1-4-7-19-18(24)25-14-10-20(9-13(2)3)16(22)12-21(11-14)17(23)15-6-5-8-26-15/h5-6,8,13-14H,4,7,9-12H2,1-3H3,(H,19,24). The van der Waals surface area contributed by atoms with Gasteiger partial charge in [-0.1, -0.05) is 26.8 Å². The van der Waals surface area contributed by atoms with Gasteiger partial charge in [-0.25, -0.2) is 4.79 Å². The number of hydrogen-bond acceptors (Lipinski definition) is 5. The van der Waals surface area contributed by atoms with Crippen LogP contribution in [-0.2, 0) is 9.53 Å². The van der Waals surface area contributed by atoms with Crippen LogP contribution < -0.4 is 5.32 Å². The Labute approximate surface area is 158 Å². The third-order valence-corrected chi connectivity index (χ3v) is 4.78. The van der Waals surface area contributed by atoms with Gasteiger partial charge >= 0.3 is 6.09 Å². The second-order valence-electron chi connectivity index (χ2n) is 6.81. The highest BCUT2D eigenvalue weighted by Crippen LogP contribution is 2.16. The Morgan fingerprint density at radius 3 is 2.77 bits per heavy atom. The molecule has 0 aromatic carbocycles. The fourth-order valence-corrected chi connectivity index (χ4v) is 3.49. The minimum Gasteiger partial charge on any atom is -0.442 e. The van der Waals surface area contributed by atoms with E-state index in [0.29, 0.717) is 24.5 Å². The molecule has 1 aliphatic rings. The molecule has 26 heavy (non-hydrogen) atoms. The van der Waals surface area contributed by atoms with Crippen molar-refractivity contribution >= 4 is 29.2 Å². The first-order valence-electron chi connectivity index (χ1n) is 8.95. The summed E-state index contributed by atoms with van der Waals surface area (Å²) in [6, 6.07) is 3.53. The Kier molecular flexibility index (Phi) is 7.44. The zero-order chi connectivity index (χ0) is 19.1. The van der Waals surface area contributed by atoms with Gasteiger partial charge in [0.2, 0.25) is 5.91 Å². The second-order valence-corrected chi connectivity index (χ2v) is 7.76.